The molecule has 1 aliphatic heterocycles. The van der Waals surface area contributed by atoms with Crippen molar-refractivity contribution in [3.05, 3.63) is 0 Å². The number of rotatable bonds is 8. The number of carbonyl (C=O) groups excluding carboxylic acids is 3. The van der Waals surface area contributed by atoms with Gasteiger partial charge < -0.3 is 10.6 Å². The lowest BCUT2D eigenvalue weighted by molar-refractivity contribution is -0.135. The van der Waals surface area contributed by atoms with Gasteiger partial charge in [0.15, 0.2) is 0 Å². The highest BCUT2D eigenvalue weighted by molar-refractivity contribution is 6.09. The summed E-state index contributed by atoms with van der Waals surface area (Å²) in [5.74, 6) is -0.489. The van der Waals surface area contributed by atoms with E-state index in [0.29, 0.717) is 12.8 Å². The highest BCUT2D eigenvalue weighted by atomic mass is 16.2. The fraction of sp³-hybridized carbons (Fsp3) is 0.824. The van der Waals surface area contributed by atoms with E-state index in [1.807, 2.05) is 6.92 Å². The number of hydrogen-bond donors (Lipinski definition) is 2. The molecule has 6 nitrogen and oxygen atoms in total. The van der Waals surface area contributed by atoms with E-state index >= 15 is 0 Å². The number of nitrogens with one attached hydrogen (secondary N) is 2. The topological polar surface area (TPSA) is 78.5 Å². The summed E-state index contributed by atoms with van der Waals surface area (Å²) < 4.78 is 0. The minimum Gasteiger partial charge on any atom is -0.352 e. The van der Waals surface area contributed by atoms with E-state index in [0.717, 1.165) is 30.6 Å². The summed E-state index contributed by atoms with van der Waals surface area (Å²) in [6.45, 7) is 3.96. The van der Waals surface area contributed by atoms with Gasteiger partial charge in [-0.2, -0.15) is 0 Å². The van der Waals surface area contributed by atoms with Crippen molar-refractivity contribution in [1.29, 1.82) is 0 Å². The molecule has 23 heavy (non-hydrogen) atoms. The van der Waals surface area contributed by atoms with Crippen molar-refractivity contribution in [3.63, 3.8) is 0 Å². The maximum absolute atomic E-state index is 12.5. The van der Waals surface area contributed by atoms with Gasteiger partial charge in [-0.1, -0.05) is 45.4 Å². The zero-order chi connectivity index (χ0) is 16.9. The van der Waals surface area contributed by atoms with Crippen molar-refractivity contribution >= 4 is 17.8 Å². The Bertz CT molecular complexity index is 458. The first-order valence-electron chi connectivity index (χ1n) is 8.92. The Kier molecular flexibility index (Phi) is 6.02. The summed E-state index contributed by atoms with van der Waals surface area (Å²) in [7, 11) is 0. The van der Waals surface area contributed by atoms with E-state index < -0.39 is 11.6 Å². The molecule has 1 heterocycles. The molecule has 0 aromatic heterocycles. The largest absolute Gasteiger partial charge is 0.352 e. The first-order valence-corrected chi connectivity index (χ1v) is 8.92. The van der Waals surface area contributed by atoms with Crippen LogP contribution in [0.15, 0.2) is 0 Å². The summed E-state index contributed by atoms with van der Waals surface area (Å²) in [5, 5.41) is 5.68. The van der Waals surface area contributed by atoms with Gasteiger partial charge in [0.2, 0.25) is 5.91 Å². The van der Waals surface area contributed by atoms with Crippen LogP contribution in [0.5, 0.6) is 0 Å². The fourth-order valence-electron chi connectivity index (χ4n) is 3.55. The van der Waals surface area contributed by atoms with Crippen molar-refractivity contribution in [2.45, 2.75) is 83.2 Å². The first kappa shape index (κ1) is 17.8. The lowest BCUT2D eigenvalue weighted by Crippen LogP contribution is -2.46. The van der Waals surface area contributed by atoms with Crippen LogP contribution in [-0.2, 0) is 9.59 Å². The smallest absolute Gasteiger partial charge is 0.325 e. The molecule has 2 fully saturated rings. The Morgan fingerprint density at radius 1 is 1.26 bits per heavy atom. The van der Waals surface area contributed by atoms with Crippen molar-refractivity contribution in [2.75, 3.05) is 6.54 Å². The quantitative estimate of drug-likeness (QED) is 0.531. The molecule has 1 aliphatic carbocycles. The summed E-state index contributed by atoms with van der Waals surface area (Å²) in [5.41, 5.74) is -0.733. The molecule has 6 heteroatoms. The highest BCUT2D eigenvalue weighted by Gasteiger charge is 2.52. The predicted octanol–water partition coefficient (Wildman–Crippen LogP) is 2.33. The van der Waals surface area contributed by atoms with E-state index in [1.54, 1.807) is 0 Å². The van der Waals surface area contributed by atoms with E-state index in [2.05, 4.69) is 17.6 Å². The zero-order valence-electron chi connectivity index (χ0n) is 14.3. The molecule has 0 aromatic carbocycles. The van der Waals surface area contributed by atoms with E-state index in [4.69, 9.17) is 0 Å². The van der Waals surface area contributed by atoms with Crippen molar-refractivity contribution in [2.24, 2.45) is 0 Å². The lowest BCUT2D eigenvalue weighted by atomic mass is 9.98. The molecule has 0 aromatic rings. The molecule has 2 aliphatic rings. The van der Waals surface area contributed by atoms with Gasteiger partial charge in [0.25, 0.3) is 5.91 Å². The Morgan fingerprint density at radius 3 is 2.61 bits per heavy atom. The van der Waals surface area contributed by atoms with Gasteiger partial charge in [0, 0.05) is 6.04 Å². The molecular weight excluding hydrogens is 294 g/mol. The molecule has 0 bridgehead atoms. The molecule has 0 radical (unpaired) electrons. The summed E-state index contributed by atoms with van der Waals surface area (Å²) in [6.07, 6.45) is 8.85. The molecule has 4 amide bonds. The van der Waals surface area contributed by atoms with Crippen LogP contribution >= 0.6 is 0 Å². The van der Waals surface area contributed by atoms with Gasteiger partial charge >= 0.3 is 6.03 Å². The Morgan fingerprint density at radius 2 is 1.96 bits per heavy atom. The third-order valence-corrected chi connectivity index (χ3v) is 4.90. The highest BCUT2D eigenvalue weighted by Crippen LogP contribution is 2.34. The number of imide groups is 1. The second kappa shape index (κ2) is 7.79. The van der Waals surface area contributed by atoms with Crippen LogP contribution in [0, 0.1) is 0 Å². The number of urea groups is 1. The van der Waals surface area contributed by atoms with Gasteiger partial charge in [-0.05, 0) is 26.2 Å². The van der Waals surface area contributed by atoms with Gasteiger partial charge in [-0.3, -0.25) is 14.5 Å². The molecule has 130 valence electrons. The van der Waals surface area contributed by atoms with Gasteiger partial charge in [-0.25, -0.2) is 4.79 Å². The van der Waals surface area contributed by atoms with Gasteiger partial charge in [0.05, 0.1) is 0 Å². The van der Waals surface area contributed by atoms with Crippen LogP contribution < -0.4 is 10.6 Å². The number of amides is 4. The van der Waals surface area contributed by atoms with Crippen molar-refractivity contribution in [1.82, 2.24) is 15.5 Å². The molecule has 1 saturated carbocycles. The van der Waals surface area contributed by atoms with Crippen molar-refractivity contribution < 1.29 is 14.4 Å². The maximum atomic E-state index is 12.5. The van der Waals surface area contributed by atoms with E-state index in [9.17, 15) is 14.4 Å². The summed E-state index contributed by atoms with van der Waals surface area (Å²) >= 11 is 0. The van der Waals surface area contributed by atoms with E-state index in [-0.39, 0.29) is 24.4 Å². The molecular formula is C17H29N3O3. The summed E-state index contributed by atoms with van der Waals surface area (Å²) in [4.78, 5) is 37.7. The van der Waals surface area contributed by atoms with E-state index in [1.165, 1.54) is 19.3 Å². The predicted molar refractivity (Wildman–Crippen MR) is 87.8 cm³/mol. The Labute approximate surface area is 138 Å². The maximum Gasteiger partial charge on any atom is 0.325 e. The van der Waals surface area contributed by atoms with Gasteiger partial charge in [0.1, 0.15) is 12.1 Å². The standard InChI is InChI=1S/C17H29N3O3/c1-3-4-5-6-9-13(2)18-14(21)12-20-15(22)17(19-16(20)23)10-7-8-11-17/h13H,3-12H2,1-2H3,(H,18,21)(H,19,23)/t13-/m1/s1. The Hall–Kier alpha value is -1.59. The molecule has 0 unspecified atom stereocenters. The number of nitrogens with zero attached hydrogens (tertiary/aromatic N) is 1. The molecule has 2 rings (SSSR count). The van der Waals surface area contributed by atoms with Gasteiger partial charge in [-0.15, -0.1) is 0 Å². The third-order valence-electron chi connectivity index (χ3n) is 4.90. The molecule has 2 N–H and O–H groups in total. The third kappa shape index (κ3) is 4.24. The normalized spacial score (nSPS) is 20.9. The minimum absolute atomic E-state index is 0.0700. The second-order valence-electron chi connectivity index (χ2n) is 6.93. The van der Waals surface area contributed by atoms with Crippen LogP contribution in [-0.4, -0.2) is 40.9 Å². The SMILES string of the molecule is CCCCCC[C@@H](C)NC(=O)CN1C(=O)NC2(CCCC2)C1=O. The first-order chi connectivity index (χ1) is 11.0. The molecule has 1 saturated heterocycles. The van der Waals surface area contributed by atoms with Crippen LogP contribution in [0.2, 0.25) is 0 Å². The van der Waals surface area contributed by atoms with Crippen LogP contribution in [0.25, 0.3) is 0 Å². The fourth-order valence-corrected chi connectivity index (χ4v) is 3.55. The second-order valence-corrected chi connectivity index (χ2v) is 6.93. The number of carbonyl (C=O) groups is 3. The molecule has 1 spiro atoms. The van der Waals surface area contributed by atoms with Crippen LogP contribution in [0.3, 0.4) is 0 Å². The summed E-state index contributed by atoms with van der Waals surface area (Å²) in [6, 6.07) is -0.358. The number of unbranched alkanes of at least 4 members (excludes halogenated alkanes) is 3. The van der Waals surface area contributed by atoms with Crippen LogP contribution in [0.1, 0.15) is 71.6 Å². The minimum atomic E-state index is -0.733. The Balaban J connectivity index is 1.78. The average Bonchev–Trinajstić information content (AvgIpc) is 3.05. The average molecular weight is 323 g/mol. The lowest BCUT2D eigenvalue weighted by Gasteiger charge is -2.20. The van der Waals surface area contributed by atoms with Crippen molar-refractivity contribution in [3.8, 4) is 0 Å². The molecule has 1 atom stereocenters. The number of hydrogen-bond acceptors (Lipinski definition) is 3. The monoisotopic (exact) mass is 323 g/mol. The zero-order valence-corrected chi connectivity index (χ0v) is 14.3. The van der Waals surface area contributed by atoms with Crippen LogP contribution in [0.4, 0.5) is 4.79 Å².